The summed E-state index contributed by atoms with van der Waals surface area (Å²) in [6.45, 7) is 5.01. The molecular formula is C22H29NO7. The first kappa shape index (κ1) is 22.3. The van der Waals surface area contributed by atoms with Crippen LogP contribution in [-0.4, -0.2) is 58.2 Å². The molecule has 0 bridgehead atoms. The fourth-order valence-corrected chi connectivity index (χ4v) is 3.62. The topological polar surface area (TPSA) is 87.4 Å². The molecule has 2 aromatic rings. The number of esters is 1. The largest absolute Gasteiger partial charge is 0.477 e. The van der Waals surface area contributed by atoms with Gasteiger partial charge in [0.25, 0.3) is 0 Å². The van der Waals surface area contributed by atoms with Crippen LogP contribution in [0.25, 0.3) is 11.0 Å². The summed E-state index contributed by atoms with van der Waals surface area (Å²) < 4.78 is 26.8. The van der Waals surface area contributed by atoms with E-state index in [0.717, 1.165) is 35.0 Å². The average molecular weight is 419 g/mol. The monoisotopic (exact) mass is 419 g/mol. The van der Waals surface area contributed by atoms with Crippen LogP contribution in [0.15, 0.2) is 21.3 Å². The number of methoxy groups -OCH3 is 2. The molecule has 3 rings (SSSR count). The molecule has 164 valence electrons. The van der Waals surface area contributed by atoms with E-state index >= 15 is 0 Å². The number of ether oxygens (including phenoxy) is 4. The Kier molecular flexibility index (Phi) is 7.84. The van der Waals surface area contributed by atoms with E-state index in [0.29, 0.717) is 44.2 Å². The SMILES string of the molecule is COCCCN1COc2c(CCC(=O)OCCOC)cc3c(C)cc(=O)oc3c2C1. The van der Waals surface area contributed by atoms with Gasteiger partial charge in [-0.3, -0.25) is 9.69 Å². The Labute approximate surface area is 175 Å². The molecular weight excluding hydrogens is 390 g/mol. The fourth-order valence-electron chi connectivity index (χ4n) is 3.62. The standard InChI is InChI=1S/C22H29NO7/c1-15-11-20(25)30-22-17(15)12-16(5-6-19(24)28-10-9-27-3)21-18(22)13-23(14-29-21)7-4-8-26-2/h11-12H,4-10,13-14H2,1-3H3. The van der Waals surface area contributed by atoms with Crippen molar-refractivity contribution in [1.29, 1.82) is 0 Å². The van der Waals surface area contributed by atoms with Crippen LogP contribution in [0.4, 0.5) is 0 Å². The zero-order valence-corrected chi connectivity index (χ0v) is 17.8. The molecule has 0 spiro atoms. The molecule has 0 amide bonds. The molecule has 0 saturated heterocycles. The third-order valence-corrected chi connectivity index (χ3v) is 5.11. The summed E-state index contributed by atoms with van der Waals surface area (Å²) >= 11 is 0. The number of hydrogen-bond donors (Lipinski definition) is 0. The minimum absolute atomic E-state index is 0.235. The highest BCUT2D eigenvalue weighted by Crippen LogP contribution is 2.37. The highest BCUT2D eigenvalue weighted by Gasteiger charge is 2.25. The zero-order valence-electron chi connectivity index (χ0n) is 17.8. The molecule has 0 radical (unpaired) electrons. The Morgan fingerprint density at radius 1 is 1.17 bits per heavy atom. The normalized spacial score (nSPS) is 13.8. The molecule has 1 aromatic carbocycles. The highest BCUT2D eigenvalue weighted by atomic mass is 16.6. The first-order valence-corrected chi connectivity index (χ1v) is 10.1. The second-order valence-corrected chi connectivity index (χ2v) is 7.35. The van der Waals surface area contributed by atoms with Crippen molar-refractivity contribution in [2.75, 3.05) is 47.3 Å². The van der Waals surface area contributed by atoms with Gasteiger partial charge in [-0.1, -0.05) is 0 Å². The van der Waals surface area contributed by atoms with Gasteiger partial charge >= 0.3 is 11.6 Å². The number of benzene rings is 1. The van der Waals surface area contributed by atoms with Gasteiger partial charge in [0.1, 0.15) is 24.7 Å². The third kappa shape index (κ3) is 5.38. The van der Waals surface area contributed by atoms with Crippen molar-refractivity contribution in [1.82, 2.24) is 4.90 Å². The first-order chi connectivity index (χ1) is 14.5. The van der Waals surface area contributed by atoms with Crippen molar-refractivity contribution in [2.45, 2.75) is 32.7 Å². The molecule has 8 nitrogen and oxygen atoms in total. The molecule has 0 unspecified atom stereocenters. The number of carbonyl (C=O) groups is 1. The maximum atomic E-state index is 12.0. The summed E-state index contributed by atoms with van der Waals surface area (Å²) in [6.07, 6.45) is 1.59. The number of aryl methyl sites for hydroxylation is 2. The van der Waals surface area contributed by atoms with Crippen LogP contribution >= 0.6 is 0 Å². The van der Waals surface area contributed by atoms with E-state index in [2.05, 4.69) is 4.90 Å². The van der Waals surface area contributed by atoms with Crippen LogP contribution in [-0.2, 0) is 32.0 Å². The Bertz CT molecular complexity index is 937. The van der Waals surface area contributed by atoms with Gasteiger partial charge in [0, 0.05) is 51.8 Å². The maximum absolute atomic E-state index is 12.0. The molecule has 2 heterocycles. The summed E-state index contributed by atoms with van der Waals surface area (Å²) in [5.41, 5.74) is 2.77. The van der Waals surface area contributed by atoms with Crippen LogP contribution in [0.1, 0.15) is 29.5 Å². The lowest BCUT2D eigenvalue weighted by atomic mass is 9.97. The second kappa shape index (κ2) is 10.6. The summed E-state index contributed by atoms with van der Waals surface area (Å²) in [4.78, 5) is 26.2. The van der Waals surface area contributed by atoms with Gasteiger partial charge in [0.05, 0.1) is 12.2 Å². The Morgan fingerprint density at radius 2 is 1.97 bits per heavy atom. The minimum atomic E-state index is -0.381. The van der Waals surface area contributed by atoms with Crippen molar-refractivity contribution >= 4 is 16.9 Å². The van der Waals surface area contributed by atoms with Gasteiger partial charge in [0.2, 0.25) is 0 Å². The van der Waals surface area contributed by atoms with E-state index in [1.807, 2.05) is 13.0 Å². The Balaban J connectivity index is 1.87. The summed E-state index contributed by atoms with van der Waals surface area (Å²) in [6, 6.07) is 3.44. The predicted molar refractivity (Wildman–Crippen MR) is 111 cm³/mol. The van der Waals surface area contributed by atoms with Crippen LogP contribution in [0, 0.1) is 6.92 Å². The lowest BCUT2D eigenvalue weighted by molar-refractivity contribution is -0.144. The molecule has 30 heavy (non-hydrogen) atoms. The van der Waals surface area contributed by atoms with Crippen molar-refractivity contribution in [3.05, 3.63) is 39.2 Å². The molecule has 1 aliphatic heterocycles. The molecule has 1 aromatic heterocycles. The summed E-state index contributed by atoms with van der Waals surface area (Å²) in [5.74, 6) is 0.415. The lowest BCUT2D eigenvalue weighted by Crippen LogP contribution is -2.34. The van der Waals surface area contributed by atoms with Gasteiger partial charge in [-0.25, -0.2) is 4.79 Å². The van der Waals surface area contributed by atoms with E-state index in [9.17, 15) is 9.59 Å². The number of hydrogen-bond acceptors (Lipinski definition) is 8. The van der Waals surface area contributed by atoms with Gasteiger partial charge in [-0.05, 0) is 37.0 Å². The zero-order chi connectivity index (χ0) is 21.5. The van der Waals surface area contributed by atoms with Gasteiger partial charge in [0.15, 0.2) is 0 Å². The minimum Gasteiger partial charge on any atom is -0.477 e. The molecule has 0 N–H and O–H groups in total. The van der Waals surface area contributed by atoms with E-state index in [-0.39, 0.29) is 24.6 Å². The number of nitrogens with zero attached hydrogens (tertiary/aromatic N) is 1. The number of fused-ring (bicyclic) bond motifs is 3. The van der Waals surface area contributed by atoms with E-state index < -0.39 is 0 Å². The smallest absolute Gasteiger partial charge is 0.336 e. The van der Waals surface area contributed by atoms with Gasteiger partial charge in [-0.2, -0.15) is 0 Å². The van der Waals surface area contributed by atoms with Crippen LogP contribution in [0.2, 0.25) is 0 Å². The molecule has 1 aliphatic rings. The van der Waals surface area contributed by atoms with E-state index in [4.69, 9.17) is 23.4 Å². The highest BCUT2D eigenvalue weighted by molar-refractivity contribution is 5.86. The summed E-state index contributed by atoms with van der Waals surface area (Å²) in [7, 11) is 3.24. The first-order valence-electron chi connectivity index (χ1n) is 10.1. The van der Waals surface area contributed by atoms with E-state index in [1.165, 1.54) is 6.07 Å². The quantitative estimate of drug-likeness (QED) is 0.330. The predicted octanol–water partition coefficient (Wildman–Crippen LogP) is 2.41. The number of rotatable bonds is 10. The van der Waals surface area contributed by atoms with Crippen LogP contribution < -0.4 is 10.4 Å². The second-order valence-electron chi connectivity index (χ2n) is 7.35. The molecule has 0 aliphatic carbocycles. The number of carbonyl (C=O) groups excluding carboxylic acids is 1. The summed E-state index contributed by atoms with van der Waals surface area (Å²) in [5, 5.41) is 0.860. The van der Waals surface area contributed by atoms with Crippen LogP contribution in [0.5, 0.6) is 5.75 Å². The molecule has 0 fully saturated rings. The maximum Gasteiger partial charge on any atom is 0.336 e. The van der Waals surface area contributed by atoms with Crippen LogP contribution in [0.3, 0.4) is 0 Å². The molecule has 0 saturated carbocycles. The average Bonchev–Trinajstić information content (AvgIpc) is 2.73. The lowest BCUT2D eigenvalue weighted by Gasteiger charge is -2.30. The molecule has 0 atom stereocenters. The van der Waals surface area contributed by atoms with Gasteiger partial charge in [-0.15, -0.1) is 0 Å². The van der Waals surface area contributed by atoms with E-state index in [1.54, 1.807) is 14.2 Å². The third-order valence-electron chi connectivity index (χ3n) is 5.11. The van der Waals surface area contributed by atoms with Crippen molar-refractivity contribution in [3.63, 3.8) is 0 Å². The van der Waals surface area contributed by atoms with Crippen molar-refractivity contribution in [3.8, 4) is 5.75 Å². The van der Waals surface area contributed by atoms with Crippen molar-refractivity contribution < 1.29 is 28.2 Å². The van der Waals surface area contributed by atoms with Gasteiger partial charge < -0.3 is 23.4 Å². The van der Waals surface area contributed by atoms with Crippen molar-refractivity contribution in [2.24, 2.45) is 0 Å². The Morgan fingerprint density at radius 3 is 2.73 bits per heavy atom. The molecule has 8 heteroatoms. The Hall–Kier alpha value is -2.42. The fraction of sp³-hybridized carbons (Fsp3) is 0.545.